The van der Waals surface area contributed by atoms with Crippen molar-refractivity contribution in [3.05, 3.63) is 142 Å². The SMILES string of the molecule is CN(C(=O)C12c3ccccc3C(c3ccccc31)C1(C(=O)N(C)C3CC(C)(C)N([O])C(C)(C)C3)c3ccccc3C2c2ccccc21)C1CC(C)(C)N([O])C(C)(C)C1. The van der Waals surface area contributed by atoms with E-state index >= 15 is 9.59 Å². The van der Waals surface area contributed by atoms with Gasteiger partial charge >= 0.3 is 0 Å². The molecule has 12 rings (SSSR count). The number of hydroxylamine groups is 4. The molecule has 0 spiro atoms. The van der Waals surface area contributed by atoms with Gasteiger partial charge in [-0.15, -0.1) is 20.5 Å². The highest BCUT2D eigenvalue weighted by Crippen LogP contribution is 2.69. The van der Waals surface area contributed by atoms with Crippen LogP contribution in [0.1, 0.15) is 137 Å². The zero-order chi connectivity index (χ0) is 41.5. The number of amides is 2. The molecular formula is C50H58N4O4. The summed E-state index contributed by atoms with van der Waals surface area (Å²) in [6, 6.07) is 33.2. The fourth-order valence-corrected chi connectivity index (χ4v) is 13.2. The fourth-order valence-electron chi connectivity index (χ4n) is 13.2. The van der Waals surface area contributed by atoms with Crippen molar-refractivity contribution >= 4 is 11.8 Å². The second kappa shape index (κ2) is 12.6. The molecule has 2 amide bonds. The van der Waals surface area contributed by atoms with Crippen LogP contribution in [-0.4, -0.2) is 80.1 Å². The summed E-state index contributed by atoms with van der Waals surface area (Å²) in [5, 5.41) is 29.7. The molecule has 4 aromatic carbocycles. The van der Waals surface area contributed by atoms with Crippen molar-refractivity contribution in [2.24, 2.45) is 0 Å². The molecule has 2 radical (unpaired) electrons. The van der Waals surface area contributed by atoms with Crippen LogP contribution < -0.4 is 0 Å². The lowest BCUT2D eigenvalue weighted by molar-refractivity contribution is -0.293. The number of carbonyl (C=O) groups is 2. The van der Waals surface area contributed by atoms with Crippen molar-refractivity contribution in [1.29, 1.82) is 0 Å². The minimum atomic E-state index is -1.19. The Hall–Kier alpha value is -4.34. The summed E-state index contributed by atoms with van der Waals surface area (Å²) in [6.07, 6.45) is 2.19. The van der Waals surface area contributed by atoms with Crippen molar-refractivity contribution < 1.29 is 20.0 Å². The lowest BCUT2D eigenvalue weighted by Gasteiger charge is -2.61. The smallest absolute Gasteiger partial charge is 0.238 e. The van der Waals surface area contributed by atoms with Gasteiger partial charge in [0.15, 0.2) is 0 Å². The van der Waals surface area contributed by atoms with Gasteiger partial charge in [-0.1, -0.05) is 97.1 Å². The number of benzene rings is 4. The molecule has 0 saturated carbocycles. The van der Waals surface area contributed by atoms with E-state index in [0.717, 1.165) is 44.5 Å². The van der Waals surface area contributed by atoms with Crippen LogP contribution in [0, 0.1) is 0 Å². The van der Waals surface area contributed by atoms with Gasteiger partial charge in [-0.3, -0.25) is 9.59 Å². The van der Waals surface area contributed by atoms with E-state index in [9.17, 15) is 10.4 Å². The average molecular weight is 779 g/mol. The van der Waals surface area contributed by atoms with Gasteiger partial charge in [-0.05, 0) is 126 Å². The van der Waals surface area contributed by atoms with Crippen molar-refractivity contribution in [2.75, 3.05) is 14.1 Å². The van der Waals surface area contributed by atoms with Crippen LogP contribution in [-0.2, 0) is 30.8 Å². The first-order chi connectivity index (χ1) is 27.2. The molecule has 4 bridgehead atoms. The highest BCUT2D eigenvalue weighted by atomic mass is 16.5. The molecule has 302 valence electrons. The summed E-state index contributed by atoms with van der Waals surface area (Å²) in [5.41, 5.74) is 2.65. The average Bonchev–Trinajstić information content (AvgIpc) is 3.18. The van der Waals surface area contributed by atoms with E-state index in [4.69, 9.17) is 0 Å². The van der Waals surface area contributed by atoms with Crippen LogP contribution in [0.25, 0.3) is 0 Å². The molecule has 0 atom stereocenters. The van der Waals surface area contributed by atoms with Gasteiger partial charge in [-0.25, -0.2) is 0 Å². The number of likely N-dealkylation sites (N-methyl/N-ethyl adjacent to an activating group) is 2. The van der Waals surface area contributed by atoms with Crippen molar-refractivity contribution in [1.82, 2.24) is 19.9 Å². The molecule has 0 unspecified atom stereocenters. The number of rotatable bonds is 4. The number of carbonyl (C=O) groups excluding carboxylic acids is 2. The molecule has 2 heterocycles. The van der Waals surface area contributed by atoms with Crippen LogP contribution in [0.5, 0.6) is 0 Å². The van der Waals surface area contributed by atoms with Gasteiger partial charge < -0.3 is 9.80 Å². The summed E-state index contributed by atoms with van der Waals surface area (Å²) in [6.45, 7) is 15.9. The summed E-state index contributed by atoms with van der Waals surface area (Å²) in [5.74, 6) is -0.926. The molecule has 6 aliphatic carbocycles. The normalized spacial score (nSPS) is 29.0. The number of piperidine rings is 2. The Balaban J connectivity index is 1.34. The third kappa shape index (κ3) is 4.95. The van der Waals surface area contributed by atoms with Crippen LogP contribution in [0.15, 0.2) is 97.1 Å². The third-order valence-corrected chi connectivity index (χ3v) is 15.2. The second-order valence-electron chi connectivity index (χ2n) is 20.6. The first-order valence-corrected chi connectivity index (χ1v) is 21.1. The monoisotopic (exact) mass is 778 g/mol. The van der Waals surface area contributed by atoms with E-state index in [1.54, 1.807) is 0 Å². The predicted molar refractivity (Wildman–Crippen MR) is 224 cm³/mol. The van der Waals surface area contributed by atoms with Crippen LogP contribution in [0.3, 0.4) is 0 Å². The zero-order valence-corrected chi connectivity index (χ0v) is 35.8. The summed E-state index contributed by atoms with van der Waals surface area (Å²) < 4.78 is 0. The summed E-state index contributed by atoms with van der Waals surface area (Å²) >= 11 is 0. The fraction of sp³-hybridized carbons (Fsp3) is 0.480. The van der Waals surface area contributed by atoms with Crippen molar-refractivity contribution in [2.45, 2.75) is 138 Å². The number of hydrogen-bond acceptors (Lipinski definition) is 4. The third-order valence-electron chi connectivity index (χ3n) is 15.2. The Kier molecular flexibility index (Phi) is 8.49. The Bertz CT molecular complexity index is 2050. The van der Waals surface area contributed by atoms with Crippen LogP contribution in [0.4, 0.5) is 0 Å². The maximum absolute atomic E-state index is 16.5. The number of nitrogens with zero attached hydrogens (tertiary/aromatic N) is 4. The van der Waals surface area contributed by atoms with E-state index in [1.807, 2.05) is 104 Å². The van der Waals surface area contributed by atoms with Crippen molar-refractivity contribution in [3.63, 3.8) is 0 Å². The second-order valence-corrected chi connectivity index (χ2v) is 20.6. The Morgan fingerprint density at radius 3 is 0.914 bits per heavy atom. The standard InChI is InChI=1S/C50H58N4O4/c1-45(2)27-31(28-46(3,4)53(45)57)51(9)43(55)49-37-23-15-11-19-33(37)42(34-20-12-16-24-38(34)49)50(44(56)52(10)32-29-47(5,6)54(58)48(7,8)30-32)39-25-17-13-21-35(39)41(49)36-22-14-18-26-40(36)50/h11-26,31-32,41-42H,27-30H2,1-10H3. The quantitative estimate of drug-likeness (QED) is 0.208. The highest BCUT2D eigenvalue weighted by molar-refractivity contribution is 6.03. The Morgan fingerprint density at radius 2 is 0.672 bits per heavy atom. The maximum Gasteiger partial charge on any atom is 0.238 e. The van der Waals surface area contributed by atoms with E-state index < -0.39 is 44.8 Å². The molecule has 8 nitrogen and oxygen atoms in total. The predicted octanol–water partition coefficient (Wildman–Crippen LogP) is 8.51. The first kappa shape index (κ1) is 39.1. The molecular weight excluding hydrogens is 721 g/mol. The van der Waals surface area contributed by atoms with Gasteiger partial charge in [0.2, 0.25) is 11.8 Å². The minimum Gasteiger partial charge on any atom is -0.342 e. The number of hydrogen-bond donors (Lipinski definition) is 0. The Morgan fingerprint density at radius 1 is 0.448 bits per heavy atom. The molecule has 2 saturated heterocycles. The van der Waals surface area contributed by atoms with Gasteiger partial charge in [0.05, 0.1) is 0 Å². The first-order valence-electron chi connectivity index (χ1n) is 21.1. The van der Waals surface area contributed by atoms with Crippen LogP contribution in [0.2, 0.25) is 0 Å². The van der Waals surface area contributed by atoms with Gasteiger partial charge in [0.1, 0.15) is 10.8 Å². The highest BCUT2D eigenvalue weighted by Gasteiger charge is 2.69. The van der Waals surface area contributed by atoms with Gasteiger partial charge in [-0.2, -0.15) is 0 Å². The lowest BCUT2D eigenvalue weighted by atomic mass is 9.42. The molecule has 2 fully saturated rings. The Labute approximate surface area is 344 Å². The van der Waals surface area contributed by atoms with Crippen LogP contribution >= 0.6 is 0 Å². The molecule has 2 aliphatic heterocycles. The topological polar surface area (TPSA) is 86.9 Å². The zero-order valence-electron chi connectivity index (χ0n) is 35.8. The van der Waals surface area contributed by atoms with Gasteiger partial charge in [0.25, 0.3) is 0 Å². The van der Waals surface area contributed by atoms with E-state index in [2.05, 4.69) is 72.8 Å². The summed E-state index contributed by atoms with van der Waals surface area (Å²) in [4.78, 5) is 36.9. The van der Waals surface area contributed by atoms with E-state index in [1.165, 1.54) is 10.1 Å². The molecule has 4 aromatic rings. The maximum atomic E-state index is 16.5. The molecule has 0 aromatic heterocycles. The lowest BCUT2D eigenvalue weighted by Crippen LogP contribution is -2.67. The van der Waals surface area contributed by atoms with Crippen molar-refractivity contribution in [3.8, 4) is 0 Å². The molecule has 8 aliphatic rings. The largest absolute Gasteiger partial charge is 0.342 e. The summed E-state index contributed by atoms with van der Waals surface area (Å²) in [7, 11) is 3.90. The molecule has 8 heteroatoms. The van der Waals surface area contributed by atoms with E-state index in [-0.39, 0.29) is 23.9 Å². The molecule has 0 N–H and O–H groups in total. The van der Waals surface area contributed by atoms with E-state index in [0.29, 0.717) is 25.7 Å². The minimum absolute atomic E-state index is 0.00286. The van der Waals surface area contributed by atoms with Gasteiger partial charge in [0, 0.05) is 60.2 Å². The molecule has 58 heavy (non-hydrogen) atoms.